The van der Waals surface area contributed by atoms with Crippen molar-refractivity contribution in [3.05, 3.63) is 70.9 Å². The number of aromatic amines is 1. The number of carbonyl (C=O) groups is 1. The van der Waals surface area contributed by atoms with Crippen LogP contribution in [-0.4, -0.2) is 23.2 Å². The van der Waals surface area contributed by atoms with E-state index in [1.54, 1.807) is 24.4 Å². The van der Waals surface area contributed by atoms with Crippen LogP contribution < -0.4 is 10.1 Å². The number of amides is 1. The fraction of sp³-hybridized carbons (Fsp3) is 0.0500. The molecule has 0 radical (unpaired) electrons. The summed E-state index contributed by atoms with van der Waals surface area (Å²) in [7, 11) is 1.48. The van der Waals surface area contributed by atoms with Crippen molar-refractivity contribution in [2.24, 2.45) is 0 Å². The average molecular weight is 379 g/mol. The van der Waals surface area contributed by atoms with Crippen LogP contribution in [0.2, 0.25) is 5.02 Å². The molecular weight excluding hydrogens is 364 g/mol. The molecule has 134 valence electrons. The molecule has 6 nitrogen and oxygen atoms in total. The predicted molar refractivity (Wildman–Crippen MR) is 104 cm³/mol. The van der Waals surface area contributed by atoms with Crippen molar-refractivity contribution in [2.75, 3.05) is 12.4 Å². The van der Waals surface area contributed by atoms with Gasteiger partial charge in [0.25, 0.3) is 5.91 Å². The monoisotopic (exact) mass is 378 g/mol. The van der Waals surface area contributed by atoms with E-state index in [1.165, 1.54) is 13.2 Å². The van der Waals surface area contributed by atoms with E-state index in [9.17, 15) is 10.1 Å². The molecule has 1 amide bonds. The van der Waals surface area contributed by atoms with E-state index < -0.39 is 5.91 Å². The van der Waals surface area contributed by atoms with E-state index in [2.05, 4.69) is 15.5 Å². The van der Waals surface area contributed by atoms with Gasteiger partial charge in [-0.05, 0) is 24.3 Å². The molecular formula is C20H15ClN4O2. The topological polar surface area (TPSA) is 90.8 Å². The maximum absolute atomic E-state index is 12.6. The quantitative estimate of drug-likeness (QED) is 0.512. The Hall–Kier alpha value is -3.56. The minimum absolute atomic E-state index is 0.0735. The fourth-order valence-corrected chi connectivity index (χ4v) is 2.68. The maximum Gasteiger partial charge on any atom is 0.266 e. The Morgan fingerprint density at radius 2 is 2.07 bits per heavy atom. The molecule has 1 aromatic heterocycles. The highest BCUT2D eigenvalue weighted by Crippen LogP contribution is 2.28. The van der Waals surface area contributed by atoms with E-state index >= 15 is 0 Å². The second kappa shape index (κ2) is 8.21. The number of ether oxygens (including phenoxy) is 1. The molecule has 3 aromatic rings. The van der Waals surface area contributed by atoms with E-state index in [0.717, 1.165) is 11.3 Å². The Bertz CT molecular complexity index is 1040. The normalized spacial score (nSPS) is 10.9. The number of nitriles is 1. The van der Waals surface area contributed by atoms with Gasteiger partial charge in [0.15, 0.2) is 0 Å². The molecule has 0 fully saturated rings. The summed E-state index contributed by atoms with van der Waals surface area (Å²) in [6, 6.07) is 16.3. The number of nitrogens with one attached hydrogen (secondary N) is 2. The molecule has 0 bridgehead atoms. The van der Waals surface area contributed by atoms with Crippen molar-refractivity contribution in [2.45, 2.75) is 0 Å². The molecule has 0 spiro atoms. The highest BCUT2D eigenvalue weighted by Gasteiger charge is 2.15. The number of halogens is 1. The zero-order valence-corrected chi connectivity index (χ0v) is 15.1. The lowest BCUT2D eigenvalue weighted by atomic mass is 10.1. The van der Waals surface area contributed by atoms with Crippen LogP contribution in [0, 0.1) is 11.3 Å². The van der Waals surface area contributed by atoms with Crippen molar-refractivity contribution >= 4 is 29.3 Å². The first-order valence-corrected chi connectivity index (χ1v) is 8.35. The van der Waals surface area contributed by atoms with Crippen LogP contribution in [0.4, 0.5) is 5.69 Å². The zero-order chi connectivity index (χ0) is 19.2. The second-order valence-electron chi connectivity index (χ2n) is 5.53. The number of hydrogen-bond acceptors (Lipinski definition) is 4. The number of aromatic nitrogens is 2. The van der Waals surface area contributed by atoms with E-state index in [0.29, 0.717) is 22.0 Å². The molecule has 0 aliphatic rings. The van der Waals surface area contributed by atoms with Crippen LogP contribution in [0.5, 0.6) is 5.75 Å². The summed E-state index contributed by atoms with van der Waals surface area (Å²) < 4.78 is 5.21. The summed E-state index contributed by atoms with van der Waals surface area (Å²) in [5.74, 6) is -0.128. The molecule has 0 aliphatic heterocycles. The van der Waals surface area contributed by atoms with Gasteiger partial charge in [-0.1, -0.05) is 41.9 Å². The van der Waals surface area contributed by atoms with Gasteiger partial charge in [0.05, 0.1) is 24.7 Å². The summed E-state index contributed by atoms with van der Waals surface area (Å²) in [4.78, 5) is 12.6. The smallest absolute Gasteiger partial charge is 0.266 e. The Morgan fingerprint density at radius 3 is 2.78 bits per heavy atom. The molecule has 0 saturated heterocycles. The van der Waals surface area contributed by atoms with Crippen molar-refractivity contribution in [1.29, 1.82) is 5.26 Å². The van der Waals surface area contributed by atoms with Crippen molar-refractivity contribution < 1.29 is 9.53 Å². The third-order valence-electron chi connectivity index (χ3n) is 3.81. The van der Waals surface area contributed by atoms with Gasteiger partial charge in [0.1, 0.15) is 17.4 Å². The predicted octanol–water partition coefficient (Wildman–Crippen LogP) is 4.28. The van der Waals surface area contributed by atoms with Crippen molar-refractivity contribution in [3.63, 3.8) is 0 Å². The zero-order valence-electron chi connectivity index (χ0n) is 14.4. The van der Waals surface area contributed by atoms with E-state index in [-0.39, 0.29) is 5.57 Å². The summed E-state index contributed by atoms with van der Waals surface area (Å²) in [6.45, 7) is 0. The van der Waals surface area contributed by atoms with Crippen LogP contribution >= 0.6 is 11.6 Å². The van der Waals surface area contributed by atoms with Gasteiger partial charge in [0, 0.05) is 16.1 Å². The van der Waals surface area contributed by atoms with E-state index in [1.807, 2.05) is 36.4 Å². The molecule has 3 rings (SSSR count). The van der Waals surface area contributed by atoms with Gasteiger partial charge < -0.3 is 10.1 Å². The van der Waals surface area contributed by atoms with Crippen LogP contribution in [0.1, 0.15) is 5.56 Å². The summed E-state index contributed by atoms with van der Waals surface area (Å²) in [5, 5.41) is 19.5. The molecule has 1 heterocycles. The number of methoxy groups -OCH3 is 1. The average Bonchev–Trinajstić information content (AvgIpc) is 3.15. The number of rotatable bonds is 5. The summed E-state index contributed by atoms with van der Waals surface area (Å²) >= 11 is 5.98. The Balaban J connectivity index is 1.90. The van der Waals surface area contributed by atoms with Gasteiger partial charge >= 0.3 is 0 Å². The number of hydrogen-bond donors (Lipinski definition) is 2. The Kier molecular flexibility index (Phi) is 5.55. The van der Waals surface area contributed by atoms with Crippen molar-refractivity contribution in [1.82, 2.24) is 10.2 Å². The molecule has 27 heavy (non-hydrogen) atoms. The third-order valence-corrected chi connectivity index (χ3v) is 4.04. The minimum atomic E-state index is -0.571. The number of benzene rings is 2. The lowest BCUT2D eigenvalue weighted by Crippen LogP contribution is -2.14. The Morgan fingerprint density at radius 1 is 1.30 bits per heavy atom. The number of H-pyrrole nitrogens is 1. The van der Waals surface area contributed by atoms with Gasteiger partial charge in [-0.15, -0.1) is 0 Å². The first kappa shape index (κ1) is 18.2. The van der Waals surface area contributed by atoms with Crippen LogP contribution in [-0.2, 0) is 4.79 Å². The summed E-state index contributed by atoms with van der Waals surface area (Å²) in [6.07, 6.45) is 3.05. The lowest BCUT2D eigenvalue weighted by molar-refractivity contribution is -0.112. The highest BCUT2D eigenvalue weighted by atomic mass is 35.5. The van der Waals surface area contributed by atoms with Crippen LogP contribution in [0.3, 0.4) is 0 Å². The fourth-order valence-electron chi connectivity index (χ4n) is 2.51. The molecule has 0 atom stereocenters. The minimum Gasteiger partial charge on any atom is -0.495 e. The highest BCUT2D eigenvalue weighted by molar-refractivity contribution is 6.31. The summed E-state index contributed by atoms with van der Waals surface area (Å²) in [5.41, 5.74) is 2.56. The first-order valence-electron chi connectivity index (χ1n) is 7.98. The largest absolute Gasteiger partial charge is 0.495 e. The van der Waals surface area contributed by atoms with E-state index in [4.69, 9.17) is 16.3 Å². The standard InChI is InChI=1S/C20H15ClN4O2/c1-27-18-8-7-16(21)10-17(18)24-20(26)14(11-22)9-15-12-23-25-19(15)13-5-3-2-4-6-13/h2-10,12H,1H3,(H,23,25)(H,24,26)/b14-9+. The van der Waals surface area contributed by atoms with Gasteiger partial charge in [-0.2, -0.15) is 10.4 Å². The molecule has 7 heteroatoms. The SMILES string of the molecule is COc1ccc(Cl)cc1NC(=O)/C(C#N)=C/c1cn[nH]c1-c1ccccc1. The first-order chi connectivity index (χ1) is 13.1. The maximum atomic E-state index is 12.6. The van der Waals surface area contributed by atoms with Gasteiger partial charge in [0.2, 0.25) is 0 Å². The van der Waals surface area contributed by atoms with Gasteiger partial charge in [-0.25, -0.2) is 0 Å². The Labute approximate surface area is 161 Å². The third kappa shape index (κ3) is 4.17. The second-order valence-corrected chi connectivity index (χ2v) is 5.97. The van der Waals surface area contributed by atoms with Gasteiger partial charge in [-0.3, -0.25) is 9.89 Å². The van der Waals surface area contributed by atoms with Crippen LogP contribution in [0.25, 0.3) is 17.3 Å². The lowest BCUT2D eigenvalue weighted by Gasteiger charge is -2.10. The molecule has 2 aromatic carbocycles. The molecule has 2 N–H and O–H groups in total. The number of anilines is 1. The molecule has 0 aliphatic carbocycles. The van der Waals surface area contributed by atoms with Crippen molar-refractivity contribution in [3.8, 4) is 23.1 Å². The molecule has 0 unspecified atom stereocenters. The number of nitrogens with zero attached hydrogens (tertiary/aromatic N) is 2. The van der Waals surface area contributed by atoms with Crippen LogP contribution in [0.15, 0.2) is 60.3 Å². The molecule has 0 saturated carbocycles. The number of carbonyl (C=O) groups excluding carboxylic acids is 1.